The maximum atomic E-state index is 10.2. The van der Waals surface area contributed by atoms with E-state index in [9.17, 15) is 5.11 Å². The van der Waals surface area contributed by atoms with Gasteiger partial charge in [-0.2, -0.15) is 0 Å². The van der Waals surface area contributed by atoms with Crippen molar-refractivity contribution in [3.63, 3.8) is 0 Å². The molecule has 0 amide bonds. The number of piperazine rings is 1. The molecule has 2 saturated heterocycles. The molecule has 2 unspecified atom stereocenters. The van der Waals surface area contributed by atoms with Crippen molar-refractivity contribution in [2.24, 2.45) is 11.8 Å². The third-order valence-corrected chi connectivity index (χ3v) is 7.63. The van der Waals surface area contributed by atoms with E-state index in [0.717, 1.165) is 80.9 Å². The summed E-state index contributed by atoms with van der Waals surface area (Å²) >= 11 is 0. The zero-order valence-corrected chi connectivity index (χ0v) is 20.7. The molecule has 1 aliphatic carbocycles. The van der Waals surface area contributed by atoms with Crippen LogP contribution in [0.25, 0.3) is 10.9 Å². The lowest BCUT2D eigenvalue weighted by Gasteiger charge is -2.34. The third-order valence-electron chi connectivity index (χ3n) is 7.63. The van der Waals surface area contributed by atoms with Gasteiger partial charge in [-0.3, -0.25) is 9.80 Å². The number of rotatable bonds is 8. The highest BCUT2D eigenvalue weighted by Gasteiger charge is 2.46. The second kappa shape index (κ2) is 9.85. The molecule has 1 saturated carbocycles. The minimum Gasteiger partial charge on any atom is -0.395 e. The van der Waals surface area contributed by atoms with E-state index in [4.69, 9.17) is 15.1 Å². The molecule has 3 fully saturated rings. The van der Waals surface area contributed by atoms with Gasteiger partial charge in [0.1, 0.15) is 11.3 Å². The Hall–Kier alpha value is -2.92. The quantitative estimate of drug-likeness (QED) is 0.432. The number of fused-ring (bicyclic) bond motifs is 2. The highest BCUT2D eigenvalue weighted by atomic mass is 16.3. The van der Waals surface area contributed by atoms with Gasteiger partial charge in [-0.25, -0.2) is 19.9 Å². The van der Waals surface area contributed by atoms with Gasteiger partial charge in [0, 0.05) is 70.1 Å². The van der Waals surface area contributed by atoms with Gasteiger partial charge in [0.25, 0.3) is 0 Å². The molecule has 5 heterocycles. The van der Waals surface area contributed by atoms with Gasteiger partial charge < -0.3 is 20.4 Å². The summed E-state index contributed by atoms with van der Waals surface area (Å²) in [6, 6.07) is 5.93. The molecule has 0 bridgehead atoms. The van der Waals surface area contributed by atoms with E-state index in [0.29, 0.717) is 17.5 Å². The molecule has 0 radical (unpaired) electrons. The largest absolute Gasteiger partial charge is 0.395 e. The van der Waals surface area contributed by atoms with Gasteiger partial charge in [-0.1, -0.05) is 6.07 Å². The molecular formula is C26H34N8O2. The summed E-state index contributed by atoms with van der Waals surface area (Å²) in [4.78, 5) is 25.7. The number of piperidine rings is 1. The van der Waals surface area contributed by atoms with E-state index < -0.39 is 6.10 Å². The Morgan fingerprint density at radius 1 is 1.03 bits per heavy atom. The number of nitrogens with zero attached hydrogens (tertiary/aromatic N) is 7. The Bertz CT molecular complexity index is 1200. The van der Waals surface area contributed by atoms with Crippen molar-refractivity contribution in [3.05, 3.63) is 41.9 Å². The van der Waals surface area contributed by atoms with E-state index in [1.807, 2.05) is 18.3 Å². The molecule has 3 N–H and O–H groups in total. The number of hydrogen-bond donors (Lipinski definition) is 3. The lowest BCUT2D eigenvalue weighted by atomic mass is 10.2. The summed E-state index contributed by atoms with van der Waals surface area (Å²) in [5.41, 5.74) is 2.62. The van der Waals surface area contributed by atoms with E-state index in [-0.39, 0.29) is 6.61 Å². The zero-order valence-electron chi connectivity index (χ0n) is 20.7. The smallest absolute Gasteiger partial charge is 0.229 e. The second-order valence-corrected chi connectivity index (χ2v) is 10.4. The standard InChI is InChI=1S/C26H34N8O2/c1-17(36)22-11-19-13-28-26(31-24(19)25(29-22)34-15-20-10-21(20)16-34)30-23-3-2-18(12-27-23)14-33-6-4-32(5-7-33)8-9-35/h2-3,11-13,17,20-21,35-36H,4-10,14-16H2,1H3,(H,27,28,30,31)/t17-,20?,21?/m1/s1. The lowest BCUT2D eigenvalue weighted by Crippen LogP contribution is -2.46. The minimum atomic E-state index is -0.643. The monoisotopic (exact) mass is 490 g/mol. The first kappa shape index (κ1) is 23.5. The predicted octanol–water partition coefficient (Wildman–Crippen LogP) is 1.78. The maximum absolute atomic E-state index is 10.2. The van der Waals surface area contributed by atoms with Crippen molar-refractivity contribution in [3.8, 4) is 0 Å². The van der Waals surface area contributed by atoms with Crippen LogP contribution in [0.5, 0.6) is 0 Å². The van der Waals surface area contributed by atoms with E-state index >= 15 is 0 Å². The summed E-state index contributed by atoms with van der Waals surface area (Å²) < 4.78 is 0. The van der Waals surface area contributed by atoms with Gasteiger partial charge in [-0.15, -0.1) is 0 Å². The molecule has 10 nitrogen and oxygen atoms in total. The van der Waals surface area contributed by atoms with Crippen molar-refractivity contribution in [1.82, 2.24) is 29.7 Å². The Morgan fingerprint density at radius 2 is 1.81 bits per heavy atom. The molecule has 3 aromatic rings. The first-order chi connectivity index (χ1) is 17.6. The fraction of sp³-hybridized carbons (Fsp3) is 0.538. The van der Waals surface area contributed by atoms with Crippen molar-refractivity contribution < 1.29 is 10.2 Å². The summed E-state index contributed by atoms with van der Waals surface area (Å²) in [5, 5.41) is 23.4. The summed E-state index contributed by atoms with van der Waals surface area (Å²) in [6.07, 6.45) is 4.37. The predicted molar refractivity (Wildman–Crippen MR) is 138 cm³/mol. The van der Waals surface area contributed by atoms with Crippen LogP contribution in [0.2, 0.25) is 0 Å². The van der Waals surface area contributed by atoms with Crippen LogP contribution in [0.1, 0.15) is 30.7 Å². The van der Waals surface area contributed by atoms with Crippen LogP contribution < -0.4 is 10.2 Å². The molecule has 2 aliphatic heterocycles. The molecular weight excluding hydrogens is 456 g/mol. The van der Waals surface area contributed by atoms with Gasteiger partial charge in [0.2, 0.25) is 5.95 Å². The number of aliphatic hydroxyl groups excluding tert-OH is 2. The van der Waals surface area contributed by atoms with Crippen molar-refractivity contribution in [2.75, 3.05) is 62.6 Å². The summed E-state index contributed by atoms with van der Waals surface area (Å²) in [6.45, 7) is 9.55. The average Bonchev–Trinajstić information content (AvgIpc) is 3.50. The van der Waals surface area contributed by atoms with Crippen LogP contribution in [-0.2, 0) is 6.54 Å². The number of hydrogen-bond acceptors (Lipinski definition) is 10. The van der Waals surface area contributed by atoms with Crippen molar-refractivity contribution in [2.45, 2.75) is 26.0 Å². The fourth-order valence-electron chi connectivity index (χ4n) is 5.39. The SMILES string of the molecule is C[C@@H](O)c1cc2cnc(Nc3ccc(CN4CCN(CCO)CC4)cn3)nc2c(N2CC3CC3C2)n1. The Labute approximate surface area is 211 Å². The van der Waals surface area contributed by atoms with Gasteiger partial charge >= 0.3 is 0 Å². The molecule has 0 spiro atoms. The minimum absolute atomic E-state index is 0.221. The molecule has 3 atom stereocenters. The van der Waals surface area contributed by atoms with Crippen LogP contribution >= 0.6 is 0 Å². The molecule has 0 aromatic carbocycles. The fourth-order valence-corrected chi connectivity index (χ4v) is 5.39. The molecule has 3 aliphatic rings. The van der Waals surface area contributed by atoms with Crippen LogP contribution in [-0.4, -0.2) is 92.4 Å². The Morgan fingerprint density at radius 3 is 2.50 bits per heavy atom. The maximum Gasteiger partial charge on any atom is 0.229 e. The first-order valence-corrected chi connectivity index (χ1v) is 12.9. The molecule has 36 heavy (non-hydrogen) atoms. The van der Waals surface area contributed by atoms with Crippen LogP contribution in [0, 0.1) is 11.8 Å². The highest BCUT2D eigenvalue weighted by molar-refractivity contribution is 5.89. The number of aliphatic hydroxyl groups is 2. The van der Waals surface area contributed by atoms with Crippen LogP contribution in [0.15, 0.2) is 30.6 Å². The van der Waals surface area contributed by atoms with E-state index in [1.54, 1.807) is 13.1 Å². The number of aromatic nitrogens is 4. The number of nitrogens with one attached hydrogen (secondary N) is 1. The molecule has 6 rings (SSSR count). The summed E-state index contributed by atoms with van der Waals surface area (Å²) in [7, 11) is 0. The zero-order chi connectivity index (χ0) is 24.6. The van der Waals surface area contributed by atoms with Gasteiger partial charge in [-0.05, 0) is 42.9 Å². The highest BCUT2D eigenvalue weighted by Crippen LogP contribution is 2.46. The topological polar surface area (TPSA) is 114 Å². The second-order valence-electron chi connectivity index (χ2n) is 10.4. The summed E-state index contributed by atoms with van der Waals surface area (Å²) in [5.74, 6) is 3.55. The first-order valence-electron chi connectivity index (χ1n) is 12.9. The van der Waals surface area contributed by atoms with Crippen molar-refractivity contribution >= 4 is 28.5 Å². The van der Waals surface area contributed by atoms with Crippen LogP contribution in [0.4, 0.5) is 17.6 Å². The van der Waals surface area contributed by atoms with E-state index in [1.165, 1.54) is 12.0 Å². The van der Waals surface area contributed by atoms with Gasteiger partial charge in [0.15, 0.2) is 5.82 Å². The lowest BCUT2D eigenvalue weighted by molar-refractivity contribution is 0.108. The number of anilines is 3. The number of β-amino-alcohol motifs (C(OH)–C–C–N with tert-alkyl or cyclic N) is 1. The molecule has 3 aromatic heterocycles. The average molecular weight is 491 g/mol. The van der Waals surface area contributed by atoms with Crippen molar-refractivity contribution in [1.29, 1.82) is 0 Å². The normalized spacial score (nSPS) is 23.1. The van der Waals surface area contributed by atoms with Gasteiger partial charge in [0.05, 0.1) is 18.4 Å². The van der Waals surface area contributed by atoms with Crippen LogP contribution in [0.3, 0.4) is 0 Å². The third kappa shape index (κ3) is 4.99. The Kier molecular flexibility index (Phi) is 6.43. The Balaban J connectivity index is 1.16. The molecule has 190 valence electrons. The molecule has 10 heteroatoms. The number of pyridine rings is 2. The van der Waals surface area contributed by atoms with E-state index in [2.05, 4.69) is 36.1 Å².